The number of hydrogen-bond donors (Lipinski definition) is 1. The predicted molar refractivity (Wildman–Crippen MR) is 116 cm³/mol. The van der Waals surface area contributed by atoms with Crippen LogP contribution in [0.4, 0.5) is 11.6 Å². The second-order valence-electron chi connectivity index (χ2n) is 8.35. The molecule has 6 nitrogen and oxygen atoms in total. The standard InChI is InChI=1S/C23H31N5O/c1-18-6-5-13-28(17-18)22-14-20(9-10-24-22)23(29)26-16-19-7-8-21(25-15-19)27-11-3-2-4-12-27/h7-10,14-15,18H,2-6,11-13,16-17H2,1H3,(H,26,29). The third-order valence-electron chi connectivity index (χ3n) is 5.93. The van der Waals surface area contributed by atoms with Gasteiger partial charge in [0.25, 0.3) is 5.91 Å². The largest absolute Gasteiger partial charge is 0.357 e. The second-order valence-corrected chi connectivity index (χ2v) is 8.35. The normalized spacial score (nSPS) is 19.8. The van der Waals surface area contributed by atoms with Crippen LogP contribution in [0, 0.1) is 5.92 Å². The van der Waals surface area contributed by atoms with E-state index in [1.54, 1.807) is 12.3 Å². The Hall–Kier alpha value is -2.63. The van der Waals surface area contributed by atoms with Crippen LogP contribution in [0.1, 0.15) is 54.9 Å². The van der Waals surface area contributed by atoms with Gasteiger partial charge in [-0.15, -0.1) is 0 Å². The van der Waals surface area contributed by atoms with Gasteiger partial charge >= 0.3 is 0 Å². The molecule has 1 N–H and O–H groups in total. The highest BCUT2D eigenvalue weighted by Crippen LogP contribution is 2.22. The Labute approximate surface area is 173 Å². The van der Waals surface area contributed by atoms with E-state index in [-0.39, 0.29) is 5.91 Å². The van der Waals surface area contributed by atoms with Crippen LogP contribution in [0.2, 0.25) is 0 Å². The van der Waals surface area contributed by atoms with E-state index in [1.165, 1.54) is 32.1 Å². The lowest BCUT2D eigenvalue weighted by Crippen LogP contribution is -2.35. The van der Waals surface area contributed by atoms with Crippen molar-refractivity contribution in [3.63, 3.8) is 0 Å². The smallest absolute Gasteiger partial charge is 0.251 e. The third-order valence-corrected chi connectivity index (χ3v) is 5.93. The number of hydrogen-bond acceptors (Lipinski definition) is 5. The number of piperidine rings is 2. The molecule has 2 fully saturated rings. The van der Waals surface area contributed by atoms with Crippen molar-refractivity contribution < 1.29 is 4.79 Å². The summed E-state index contributed by atoms with van der Waals surface area (Å²) in [6.07, 6.45) is 9.85. The minimum absolute atomic E-state index is 0.0705. The summed E-state index contributed by atoms with van der Waals surface area (Å²) >= 11 is 0. The quantitative estimate of drug-likeness (QED) is 0.840. The molecule has 0 saturated carbocycles. The zero-order chi connectivity index (χ0) is 20.1. The van der Waals surface area contributed by atoms with Crippen molar-refractivity contribution in [1.82, 2.24) is 15.3 Å². The first-order chi connectivity index (χ1) is 14.2. The van der Waals surface area contributed by atoms with E-state index in [9.17, 15) is 4.79 Å². The van der Waals surface area contributed by atoms with Crippen LogP contribution in [0.25, 0.3) is 0 Å². The third kappa shape index (κ3) is 5.05. The van der Waals surface area contributed by atoms with E-state index in [2.05, 4.69) is 44.1 Å². The molecule has 29 heavy (non-hydrogen) atoms. The molecule has 1 atom stereocenters. The van der Waals surface area contributed by atoms with Gasteiger partial charge in [0.05, 0.1) is 0 Å². The number of nitrogens with zero attached hydrogens (tertiary/aromatic N) is 4. The van der Waals surface area contributed by atoms with Crippen LogP contribution >= 0.6 is 0 Å². The van der Waals surface area contributed by atoms with Crippen LogP contribution in [-0.4, -0.2) is 42.1 Å². The van der Waals surface area contributed by atoms with E-state index >= 15 is 0 Å². The minimum atomic E-state index is -0.0705. The Morgan fingerprint density at radius 3 is 2.62 bits per heavy atom. The van der Waals surface area contributed by atoms with Crippen LogP contribution in [0.3, 0.4) is 0 Å². The molecule has 0 radical (unpaired) electrons. The number of amides is 1. The molecule has 2 aromatic rings. The lowest BCUT2D eigenvalue weighted by Gasteiger charge is -2.31. The van der Waals surface area contributed by atoms with Crippen molar-refractivity contribution in [1.29, 1.82) is 0 Å². The van der Waals surface area contributed by atoms with Gasteiger partial charge in [-0.3, -0.25) is 4.79 Å². The molecule has 1 unspecified atom stereocenters. The van der Waals surface area contributed by atoms with Gasteiger partial charge in [0, 0.05) is 50.7 Å². The number of rotatable bonds is 5. The molecule has 4 rings (SSSR count). The van der Waals surface area contributed by atoms with Gasteiger partial charge in [-0.2, -0.15) is 0 Å². The van der Waals surface area contributed by atoms with E-state index in [1.807, 2.05) is 12.3 Å². The molecular weight excluding hydrogens is 362 g/mol. The number of anilines is 2. The molecule has 2 aliphatic rings. The van der Waals surface area contributed by atoms with Crippen molar-refractivity contribution in [3.05, 3.63) is 47.8 Å². The molecule has 2 aliphatic heterocycles. The van der Waals surface area contributed by atoms with Crippen LogP contribution in [0.5, 0.6) is 0 Å². The monoisotopic (exact) mass is 393 g/mol. The Morgan fingerprint density at radius 1 is 1.03 bits per heavy atom. The second kappa shape index (κ2) is 9.25. The molecule has 1 amide bonds. The van der Waals surface area contributed by atoms with Gasteiger partial charge < -0.3 is 15.1 Å². The summed E-state index contributed by atoms with van der Waals surface area (Å²) in [7, 11) is 0. The van der Waals surface area contributed by atoms with Crippen molar-refractivity contribution in [2.24, 2.45) is 5.92 Å². The van der Waals surface area contributed by atoms with Gasteiger partial charge in [0.2, 0.25) is 0 Å². The minimum Gasteiger partial charge on any atom is -0.357 e. The van der Waals surface area contributed by atoms with Crippen molar-refractivity contribution in [3.8, 4) is 0 Å². The summed E-state index contributed by atoms with van der Waals surface area (Å²) in [5.41, 5.74) is 1.67. The average Bonchev–Trinajstić information content (AvgIpc) is 2.78. The topological polar surface area (TPSA) is 61.4 Å². The summed E-state index contributed by atoms with van der Waals surface area (Å²) in [5, 5.41) is 3.01. The molecule has 0 bridgehead atoms. The molecule has 6 heteroatoms. The number of nitrogens with one attached hydrogen (secondary N) is 1. The Kier molecular flexibility index (Phi) is 6.27. The van der Waals surface area contributed by atoms with Crippen LogP contribution in [-0.2, 0) is 6.54 Å². The lowest BCUT2D eigenvalue weighted by atomic mass is 10.0. The summed E-state index contributed by atoms with van der Waals surface area (Å²) in [6.45, 7) is 6.94. The highest BCUT2D eigenvalue weighted by molar-refractivity contribution is 5.94. The maximum Gasteiger partial charge on any atom is 0.251 e. The maximum absolute atomic E-state index is 12.6. The van der Waals surface area contributed by atoms with Gasteiger partial charge in [-0.1, -0.05) is 13.0 Å². The van der Waals surface area contributed by atoms with Gasteiger partial charge in [-0.25, -0.2) is 9.97 Å². The van der Waals surface area contributed by atoms with E-state index in [0.717, 1.165) is 43.4 Å². The summed E-state index contributed by atoms with van der Waals surface area (Å²) in [5.74, 6) is 2.54. The highest BCUT2D eigenvalue weighted by atomic mass is 16.1. The maximum atomic E-state index is 12.6. The number of aromatic nitrogens is 2. The molecule has 4 heterocycles. The van der Waals surface area contributed by atoms with Crippen molar-refractivity contribution in [2.75, 3.05) is 36.0 Å². The van der Waals surface area contributed by atoms with Crippen LogP contribution in [0.15, 0.2) is 36.7 Å². The van der Waals surface area contributed by atoms with E-state index in [4.69, 9.17) is 0 Å². The van der Waals surface area contributed by atoms with E-state index < -0.39 is 0 Å². The molecule has 2 aromatic heterocycles. The Bertz CT molecular complexity index is 816. The SMILES string of the molecule is CC1CCCN(c2cc(C(=O)NCc3ccc(N4CCCCC4)nc3)ccn2)C1. The molecule has 0 aliphatic carbocycles. The molecule has 154 valence electrons. The lowest BCUT2D eigenvalue weighted by molar-refractivity contribution is 0.0951. The summed E-state index contributed by atoms with van der Waals surface area (Å²) < 4.78 is 0. The van der Waals surface area contributed by atoms with Gasteiger partial charge in [0.1, 0.15) is 11.6 Å². The fourth-order valence-corrected chi connectivity index (χ4v) is 4.25. The molecule has 0 spiro atoms. The first-order valence-electron chi connectivity index (χ1n) is 10.9. The summed E-state index contributed by atoms with van der Waals surface area (Å²) in [4.78, 5) is 26.3. The Morgan fingerprint density at radius 2 is 1.86 bits per heavy atom. The molecule has 0 aromatic carbocycles. The molecule has 2 saturated heterocycles. The zero-order valence-corrected chi connectivity index (χ0v) is 17.3. The van der Waals surface area contributed by atoms with E-state index in [0.29, 0.717) is 18.0 Å². The first-order valence-corrected chi connectivity index (χ1v) is 10.9. The first kappa shape index (κ1) is 19.7. The van der Waals surface area contributed by atoms with Crippen molar-refractivity contribution in [2.45, 2.75) is 45.6 Å². The van der Waals surface area contributed by atoms with Gasteiger partial charge in [0.15, 0.2) is 0 Å². The Balaban J connectivity index is 1.34. The molecular formula is C23H31N5O. The fourth-order valence-electron chi connectivity index (χ4n) is 4.25. The van der Waals surface area contributed by atoms with Crippen LogP contribution < -0.4 is 15.1 Å². The fraction of sp³-hybridized carbons (Fsp3) is 0.522. The van der Waals surface area contributed by atoms with Crippen molar-refractivity contribution >= 4 is 17.5 Å². The summed E-state index contributed by atoms with van der Waals surface area (Å²) in [6, 6.07) is 7.81. The highest BCUT2D eigenvalue weighted by Gasteiger charge is 2.18. The number of carbonyl (C=O) groups excluding carboxylic acids is 1. The van der Waals surface area contributed by atoms with Gasteiger partial charge in [-0.05, 0) is 61.8 Å². The number of pyridine rings is 2. The average molecular weight is 394 g/mol. The number of carbonyl (C=O) groups is 1. The predicted octanol–water partition coefficient (Wildman–Crippen LogP) is 3.63. The zero-order valence-electron chi connectivity index (χ0n) is 17.3.